The molecule has 0 saturated carbocycles. The van der Waals surface area contributed by atoms with Crippen LogP contribution in [0.5, 0.6) is 0 Å². The molecule has 0 spiro atoms. The summed E-state index contributed by atoms with van der Waals surface area (Å²) in [7, 11) is 3.12. The number of hydrogen-bond acceptors (Lipinski definition) is 6. The SMILES string of the molecule is COCCN(/C=C(/C#N)C(=O)Nc1cccc(C(=O)O)c1)CCOC. The number of benzene rings is 1. The molecule has 8 nitrogen and oxygen atoms in total. The summed E-state index contributed by atoms with van der Waals surface area (Å²) >= 11 is 0. The molecule has 0 heterocycles. The van der Waals surface area contributed by atoms with Crippen molar-refractivity contribution in [1.29, 1.82) is 5.26 Å². The summed E-state index contributed by atoms with van der Waals surface area (Å²) in [5, 5.41) is 20.8. The van der Waals surface area contributed by atoms with E-state index in [1.165, 1.54) is 24.4 Å². The van der Waals surface area contributed by atoms with E-state index in [1.807, 2.05) is 6.07 Å². The van der Waals surface area contributed by atoms with Crippen LogP contribution >= 0.6 is 0 Å². The zero-order chi connectivity index (χ0) is 18.7. The standard InChI is InChI=1S/C17H21N3O5/c1-24-8-6-20(7-9-25-2)12-14(11-18)16(21)19-15-5-3-4-13(10-15)17(22)23/h3-5,10,12H,6-9H2,1-2H3,(H,19,21)(H,22,23)/b14-12-. The van der Waals surface area contributed by atoms with Crippen LogP contribution in [0.15, 0.2) is 36.0 Å². The second kappa shape index (κ2) is 10.8. The molecule has 0 aliphatic heterocycles. The van der Waals surface area contributed by atoms with Gasteiger partial charge < -0.3 is 24.8 Å². The van der Waals surface area contributed by atoms with E-state index in [9.17, 15) is 14.9 Å². The van der Waals surface area contributed by atoms with Crippen LogP contribution in [0.25, 0.3) is 0 Å². The zero-order valence-corrected chi connectivity index (χ0v) is 14.2. The topological polar surface area (TPSA) is 112 Å². The van der Waals surface area contributed by atoms with Gasteiger partial charge in [0, 0.05) is 39.2 Å². The highest BCUT2D eigenvalue weighted by Crippen LogP contribution is 2.12. The molecule has 134 valence electrons. The third-order valence-electron chi connectivity index (χ3n) is 3.21. The number of hydrogen-bond donors (Lipinski definition) is 2. The number of carbonyl (C=O) groups is 2. The Bertz CT molecular complexity index is 658. The number of anilines is 1. The van der Waals surface area contributed by atoms with Crippen molar-refractivity contribution < 1.29 is 24.2 Å². The van der Waals surface area contributed by atoms with E-state index < -0.39 is 11.9 Å². The largest absolute Gasteiger partial charge is 0.478 e. The van der Waals surface area contributed by atoms with Gasteiger partial charge in [-0.25, -0.2) is 4.79 Å². The van der Waals surface area contributed by atoms with E-state index in [0.717, 1.165) is 0 Å². The average molecular weight is 347 g/mol. The minimum Gasteiger partial charge on any atom is -0.478 e. The predicted molar refractivity (Wildman–Crippen MR) is 91.1 cm³/mol. The first-order valence-corrected chi connectivity index (χ1v) is 7.50. The first kappa shape index (κ1) is 20.2. The molecule has 0 fully saturated rings. The zero-order valence-electron chi connectivity index (χ0n) is 14.2. The highest BCUT2D eigenvalue weighted by molar-refractivity contribution is 6.06. The molecular formula is C17H21N3O5. The third kappa shape index (κ3) is 7.03. The number of carboxylic acid groups (broad SMARTS) is 1. The number of ether oxygens (including phenoxy) is 2. The Kier molecular flexibility index (Phi) is 8.71. The lowest BCUT2D eigenvalue weighted by Crippen LogP contribution is -2.27. The quantitative estimate of drug-likeness (QED) is 0.485. The smallest absolute Gasteiger partial charge is 0.335 e. The summed E-state index contributed by atoms with van der Waals surface area (Å²) in [6, 6.07) is 7.65. The van der Waals surface area contributed by atoms with Crippen molar-refractivity contribution in [3.05, 3.63) is 41.6 Å². The van der Waals surface area contributed by atoms with Gasteiger partial charge >= 0.3 is 5.97 Å². The van der Waals surface area contributed by atoms with Crippen LogP contribution in [-0.4, -0.2) is 62.4 Å². The number of carboxylic acids is 1. The Morgan fingerprint density at radius 3 is 2.44 bits per heavy atom. The maximum absolute atomic E-state index is 12.3. The molecule has 25 heavy (non-hydrogen) atoms. The van der Waals surface area contributed by atoms with Gasteiger partial charge in [-0.1, -0.05) is 6.07 Å². The molecule has 2 N–H and O–H groups in total. The molecule has 1 amide bonds. The highest BCUT2D eigenvalue weighted by Gasteiger charge is 2.13. The van der Waals surface area contributed by atoms with Crippen molar-refractivity contribution in [3.8, 4) is 6.07 Å². The lowest BCUT2D eigenvalue weighted by Gasteiger charge is -2.20. The maximum Gasteiger partial charge on any atom is 0.335 e. The van der Waals surface area contributed by atoms with Crippen molar-refractivity contribution in [2.45, 2.75) is 0 Å². The third-order valence-corrected chi connectivity index (χ3v) is 3.21. The molecule has 0 aliphatic carbocycles. The molecule has 0 saturated heterocycles. The Morgan fingerprint density at radius 2 is 1.92 bits per heavy atom. The lowest BCUT2D eigenvalue weighted by atomic mass is 10.2. The van der Waals surface area contributed by atoms with Gasteiger partial charge in [0.2, 0.25) is 0 Å². The molecular weight excluding hydrogens is 326 g/mol. The highest BCUT2D eigenvalue weighted by atomic mass is 16.5. The second-order valence-corrected chi connectivity index (χ2v) is 5.02. The van der Waals surface area contributed by atoms with Gasteiger partial charge in [0.15, 0.2) is 0 Å². The van der Waals surface area contributed by atoms with Crippen molar-refractivity contribution >= 4 is 17.6 Å². The van der Waals surface area contributed by atoms with Crippen LogP contribution in [0.4, 0.5) is 5.69 Å². The molecule has 0 atom stereocenters. The Labute approximate surface area is 146 Å². The Morgan fingerprint density at radius 1 is 1.28 bits per heavy atom. The molecule has 1 aromatic rings. The minimum absolute atomic E-state index is 0.0436. The molecule has 1 aromatic carbocycles. The summed E-state index contributed by atoms with van der Waals surface area (Å²) in [6.07, 6.45) is 1.44. The molecule has 0 aliphatic rings. The first-order chi connectivity index (χ1) is 12.0. The van der Waals surface area contributed by atoms with E-state index >= 15 is 0 Å². The monoisotopic (exact) mass is 347 g/mol. The minimum atomic E-state index is -1.10. The van der Waals surface area contributed by atoms with E-state index in [2.05, 4.69) is 5.32 Å². The van der Waals surface area contributed by atoms with Crippen LogP contribution < -0.4 is 5.32 Å². The second-order valence-electron chi connectivity index (χ2n) is 5.02. The van der Waals surface area contributed by atoms with E-state index in [0.29, 0.717) is 32.0 Å². The average Bonchev–Trinajstić information content (AvgIpc) is 2.61. The van der Waals surface area contributed by atoms with Crippen LogP contribution in [-0.2, 0) is 14.3 Å². The van der Waals surface area contributed by atoms with Crippen LogP contribution in [0, 0.1) is 11.3 Å². The molecule has 8 heteroatoms. The summed E-state index contributed by atoms with van der Waals surface area (Å²) in [4.78, 5) is 25.0. The number of nitrogens with zero attached hydrogens (tertiary/aromatic N) is 2. The van der Waals surface area contributed by atoms with Gasteiger partial charge in [0.05, 0.1) is 18.8 Å². The van der Waals surface area contributed by atoms with Gasteiger partial charge in [-0.2, -0.15) is 5.26 Å². The number of nitriles is 1. The summed E-state index contributed by atoms with van der Waals surface area (Å²) in [6.45, 7) is 1.85. The summed E-state index contributed by atoms with van der Waals surface area (Å²) in [5.74, 6) is -1.72. The summed E-state index contributed by atoms with van der Waals surface area (Å²) in [5.41, 5.74) is 0.237. The first-order valence-electron chi connectivity index (χ1n) is 7.50. The number of amides is 1. The fraction of sp³-hybridized carbons (Fsp3) is 0.353. The van der Waals surface area contributed by atoms with Gasteiger partial charge in [-0.15, -0.1) is 0 Å². The number of rotatable bonds is 10. The van der Waals surface area contributed by atoms with E-state index in [-0.39, 0.29) is 11.1 Å². The van der Waals surface area contributed by atoms with Crippen molar-refractivity contribution in [2.75, 3.05) is 45.8 Å². The molecule has 0 aromatic heterocycles. The van der Waals surface area contributed by atoms with E-state index in [1.54, 1.807) is 25.2 Å². The molecule has 0 bridgehead atoms. The van der Waals surface area contributed by atoms with Gasteiger partial charge in [-0.05, 0) is 18.2 Å². The van der Waals surface area contributed by atoms with Gasteiger partial charge in [0.25, 0.3) is 5.91 Å². The van der Waals surface area contributed by atoms with E-state index in [4.69, 9.17) is 14.6 Å². The van der Waals surface area contributed by atoms with Crippen LogP contribution in [0.3, 0.4) is 0 Å². The van der Waals surface area contributed by atoms with Crippen molar-refractivity contribution in [1.82, 2.24) is 4.90 Å². The fourth-order valence-electron chi connectivity index (χ4n) is 1.91. The number of carbonyl (C=O) groups excluding carboxylic acids is 1. The lowest BCUT2D eigenvalue weighted by molar-refractivity contribution is -0.112. The van der Waals surface area contributed by atoms with Crippen LogP contribution in [0.1, 0.15) is 10.4 Å². The Balaban J connectivity index is 2.88. The van der Waals surface area contributed by atoms with Crippen LogP contribution in [0.2, 0.25) is 0 Å². The maximum atomic E-state index is 12.3. The number of nitrogens with one attached hydrogen (secondary N) is 1. The molecule has 0 unspecified atom stereocenters. The van der Waals surface area contributed by atoms with Gasteiger partial charge in [-0.3, -0.25) is 4.79 Å². The molecule has 0 radical (unpaired) electrons. The van der Waals surface area contributed by atoms with Crippen molar-refractivity contribution in [2.24, 2.45) is 0 Å². The summed E-state index contributed by atoms with van der Waals surface area (Å²) < 4.78 is 10.0. The molecule has 1 rings (SSSR count). The fourth-order valence-corrected chi connectivity index (χ4v) is 1.91. The predicted octanol–water partition coefficient (Wildman–Crippen LogP) is 1.33. The Hall–Kier alpha value is -2.89. The van der Waals surface area contributed by atoms with Gasteiger partial charge in [0.1, 0.15) is 11.6 Å². The normalized spacial score (nSPS) is 10.8. The number of methoxy groups -OCH3 is 2. The number of aromatic carboxylic acids is 1. The van der Waals surface area contributed by atoms with Crippen molar-refractivity contribution in [3.63, 3.8) is 0 Å².